The lowest BCUT2D eigenvalue weighted by atomic mass is 10.0. The summed E-state index contributed by atoms with van der Waals surface area (Å²) in [6.07, 6.45) is 50.9. The van der Waals surface area contributed by atoms with Crippen molar-refractivity contribution in [3.8, 4) is 0 Å². The van der Waals surface area contributed by atoms with Crippen LogP contribution < -0.4 is 10.2 Å². The van der Waals surface area contributed by atoms with Gasteiger partial charge in [-0.2, -0.15) is 0 Å². The van der Waals surface area contributed by atoms with Crippen LogP contribution in [-0.4, -0.2) is 68.5 Å². The molecule has 358 valence electrons. The largest absolute Gasteiger partial charge is 0.756 e. The minimum atomic E-state index is -4.57. The predicted molar refractivity (Wildman–Crippen MR) is 256 cm³/mol. The predicted octanol–water partition coefficient (Wildman–Crippen LogP) is 14.5. The van der Waals surface area contributed by atoms with E-state index in [1.807, 2.05) is 21.1 Å². The summed E-state index contributed by atoms with van der Waals surface area (Å²) in [7, 11) is 1.30. The minimum absolute atomic E-state index is 0.0116. The van der Waals surface area contributed by atoms with Gasteiger partial charge >= 0.3 is 0 Å². The molecule has 8 nitrogen and oxygen atoms in total. The number of phosphoric ester groups is 1. The van der Waals surface area contributed by atoms with E-state index in [4.69, 9.17) is 9.05 Å². The molecule has 0 radical (unpaired) electrons. The summed E-state index contributed by atoms with van der Waals surface area (Å²) in [4.78, 5) is 25.4. The first-order valence-corrected chi connectivity index (χ1v) is 27.5. The third-order valence-electron chi connectivity index (χ3n) is 12.0. The van der Waals surface area contributed by atoms with Crippen molar-refractivity contribution < 1.29 is 32.9 Å². The van der Waals surface area contributed by atoms with E-state index < -0.39 is 20.0 Å². The highest BCUT2D eigenvalue weighted by atomic mass is 31.2. The van der Waals surface area contributed by atoms with Crippen molar-refractivity contribution in [3.63, 3.8) is 0 Å². The second-order valence-corrected chi connectivity index (χ2v) is 20.6. The molecule has 0 aromatic carbocycles. The number of aliphatic hydroxyl groups is 1. The number of likely N-dealkylation sites (N-methyl/N-ethyl adjacent to an activating group) is 1. The van der Waals surface area contributed by atoms with Crippen molar-refractivity contribution in [1.82, 2.24) is 5.32 Å². The molecule has 0 aliphatic carbocycles. The van der Waals surface area contributed by atoms with Crippen molar-refractivity contribution in [2.45, 2.75) is 270 Å². The summed E-state index contributed by atoms with van der Waals surface area (Å²) in [5.74, 6) is -0.178. The number of nitrogens with zero attached hydrogens (tertiary/aromatic N) is 1. The molecule has 0 aliphatic heterocycles. The third-order valence-corrected chi connectivity index (χ3v) is 13.0. The fourth-order valence-electron chi connectivity index (χ4n) is 7.86. The molecular formula is C51H103N2O6P. The molecule has 0 spiro atoms. The van der Waals surface area contributed by atoms with E-state index in [9.17, 15) is 19.4 Å². The molecule has 0 rings (SSSR count). The van der Waals surface area contributed by atoms with Crippen molar-refractivity contribution in [2.75, 3.05) is 40.9 Å². The molecule has 9 heteroatoms. The van der Waals surface area contributed by atoms with Crippen LogP contribution in [0.1, 0.15) is 258 Å². The number of rotatable bonds is 48. The molecule has 0 saturated carbocycles. The van der Waals surface area contributed by atoms with E-state index in [1.165, 1.54) is 180 Å². The molecule has 3 unspecified atom stereocenters. The van der Waals surface area contributed by atoms with Gasteiger partial charge in [-0.3, -0.25) is 9.36 Å². The summed E-state index contributed by atoms with van der Waals surface area (Å²) in [6.45, 7) is 4.73. The number of aliphatic hydroxyl groups excluding tert-OH is 1. The molecule has 0 heterocycles. The summed E-state index contributed by atoms with van der Waals surface area (Å²) >= 11 is 0. The quantitative estimate of drug-likeness (QED) is 0.0273. The van der Waals surface area contributed by atoms with Gasteiger partial charge in [0.1, 0.15) is 13.2 Å². The Morgan fingerprint density at radius 1 is 0.567 bits per heavy atom. The van der Waals surface area contributed by atoms with E-state index in [-0.39, 0.29) is 19.1 Å². The maximum absolute atomic E-state index is 12.9. The van der Waals surface area contributed by atoms with Gasteiger partial charge in [-0.1, -0.05) is 225 Å². The molecule has 2 N–H and O–H groups in total. The maximum atomic E-state index is 12.9. The Hall–Kier alpha value is -0.760. The Morgan fingerprint density at radius 3 is 1.30 bits per heavy atom. The molecule has 0 saturated heterocycles. The van der Waals surface area contributed by atoms with E-state index in [0.717, 1.165) is 51.4 Å². The van der Waals surface area contributed by atoms with Crippen LogP contribution in [0, 0.1) is 0 Å². The molecule has 0 bridgehead atoms. The number of allylic oxidation sites excluding steroid dienone is 2. The second-order valence-electron chi connectivity index (χ2n) is 19.2. The Labute approximate surface area is 373 Å². The summed E-state index contributed by atoms with van der Waals surface area (Å²) in [5, 5.41) is 14.0. The highest BCUT2D eigenvalue weighted by Crippen LogP contribution is 2.38. The van der Waals surface area contributed by atoms with Crippen LogP contribution in [-0.2, 0) is 18.4 Å². The zero-order valence-corrected chi connectivity index (χ0v) is 41.6. The Morgan fingerprint density at radius 2 is 0.917 bits per heavy atom. The zero-order valence-electron chi connectivity index (χ0n) is 40.7. The summed E-state index contributed by atoms with van der Waals surface area (Å²) in [5.41, 5.74) is 0. The topological polar surface area (TPSA) is 108 Å². The number of phosphoric acid groups is 1. The molecule has 0 aromatic rings. The smallest absolute Gasteiger partial charge is 0.268 e. The lowest BCUT2D eigenvalue weighted by Gasteiger charge is -2.30. The van der Waals surface area contributed by atoms with Crippen LogP contribution in [0.5, 0.6) is 0 Å². The van der Waals surface area contributed by atoms with Gasteiger partial charge in [-0.05, 0) is 38.5 Å². The monoisotopic (exact) mass is 871 g/mol. The number of unbranched alkanes of at least 4 members (excludes halogenated alkanes) is 33. The van der Waals surface area contributed by atoms with Crippen molar-refractivity contribution in [2.24, 2.45) is 0 Å². The average molecular weight is 871 g/mol. The van der Waals surface area contributed by atoms with Crippen LogP contribution in [0.3, 0.4) is 0 Å². The fourth-order valence-corrected chi connectivity index (χ4v) is 8.58. The third kappa shape index (κ3) is 45.3. The Balaban J connectivity index is 4.15. The maximum Gasteiger partial charge on any atom is 0.268 e. The van der Waals surface area contributed by atoms with Crippen LogP contribution in [0.25, 0.3) is 0 Å². The van der Waals surface area contributed by atoms with Crippen molar-refractivity contribution in [1.29, 1.82) is 0 Å². The number of carbonyl (C=O) groups excluding carboxylic acids is 1. The van der Waals surface area contributed by atoms with Crippen LogP contribution in [0.4, 0.5) is 0 Å². The van der Waals surface area contributed by atoms with Gasteiger partial charge in [0.05, 0.1) is 39.9 Å². The number of carbonyl (C=O) groups is 1. The van der Waals surface area contributed by atoms with Gasteiger partial charge in [0.2, 0.25) is 5.91 Å². The first-order valence-electron chi connectivity index (χ1n) is 26.0. The van der Waals surface area contributed by atoms with Crippen LogP contribution in [0.15, 0.2) is 12.2 Å². The average Bonchev–Trinajstić information content (AvgIpc) is 3.20. The molecule has 1 amide bonds. The molecule has 60 heavy (non-hydrogen) atoms. The van der Waals surface area contributed by atoms with Gasteiger partial charge in [0.15, 0.2) is 0 Å². The van der Waals surface area contributed by atoms with Gasteiger partial charge in [-0.25, -0.2) is 0 Å². The molecule has 0 aromatic heterocycles. The molecular weight excluding hydrogens is 768 g/mol. The summed E-state index contributed by atoms with van der Waals surface area (Å²) < 4.78 is 23.3. The van der Waals surface area contributed by atoms with E-state index in [2.05, 4.69) is 31.3 Å². The minimum Gasteiger partial charge on any atom is -0.756 e. The highest BCUT2D eigenvalue weighted by molar-refractivity contribution is 7.45. The van der Waals surface area contributed by atoms with Crippen LogP contribution in [0.2, 0.25) is 0 Å². The number of hydrogen-bond donors (Lipinski definition) is 2. The Bertz CT molecular complexity index is 989. The zero-order chi connectivity index (χ0) is 44.3. The van der Waals surface area contributed by atoms with E-state index in [1.54, 1.807) is 0 Å². The number of nitrogens with one attached hydrogen (secondary N) is 1. The van der Waals surface area contributed by atoms with Crippen molar-refractivity contribution >= 4 is 13.7 Å². The lowest BCUT2D eigenvalue weighted by molar-refractivity contribution is -0.870. The first kappa shape index (κ1) is 59.2. The van der Waals surface area contributed by atoms with Gasteiger partial charge < -0.3 is 28.8 Å². The number of hydrogen-bond acceptors (Lipinski definition) is 6. The first-order chi connectivity index (χ1) is 29.0. The standard InChI is InChI=1S/C51H103N2O6P/c1-6-8-10-12-14-16-18-20-21-22-23-24-25-26-27-28-29-30-31-33-34-36-38-40-42-44-50(54)49(48-59-60(56,57)58-47-46-53(3,4)5)52-51(55)45-43-41-39-37-35-32-19-17-15-13-11-9-7-2/h32,35,49-50,54H,6-31,33-34,36-48H2,1-5H3,(H-,52,55,56,57)/b35-32-. The van der Waals surface area contributed by atoms with Gasteiger partial charge in [-0.15, -0.1) is 0 Å². The Kier molecular flexibility index (Phi) is 42.9. The highest BCUT2D eigenvalue weighted by Gasteiger charge is 2.24. The summed E-state index contributed by atoms with van der Waals surface area (Å²) in [6, 6.07) is -0.805. The van der Waals surface area contributed by atoms with Gasteiger partial charge in [0.25, 0.3) is 7.82 Å². The van der Waals surface area contributed by atoms with Crippen LogP contribution >= 0.6 is 7.82 Å². The van der Waals surface area contributed by atoms with Crippen molar-refractivity contribution in [3.05, 3.63) is 12.2 Å². The fraction of sp³-hybridized carbons (Fsp3) is 0.941. The molecule has 0 fully saturated rings. The number of quaternary nitrogens is 1. The second kappa shape index (κ2) is 43.5. The molecule has 3 atom stereocenters. The normalized spacial score (nSPS) is 14.2. The lowest BCUT2D eigenvalue weighted by Crippen LogP contribution is -2.46. The van der Waals surface area contributed by atoms with Gasteiger partial charge in [0, 0.05) is 6.42 Å². The number of amides is 1. The van der Waals surface area contributed by atoms with E-state index >= 15 is 0 Å². The van der Waals surface area contributed by atoms with E-state index in [0.29, 0.717) is 23.9 Å². The SMILES string of the molecule is CCCCCCCC/C=C\CCCCCC(=O)NC(COP(=O)([O-])OCC[N+](C)(C)C)C(O)CCCCCCCCCCCCCCCCCCCCCCCCCCC. The molecule has 0 aliphatic rings.